The lowest BCUT2D eigenvalue weighted by atomic mass is 10.1. The van der Waals surface area contributed by atoms with Gasteiger partial charge in [0.25, 0.3) is 0 Å². The third kappa shape index (κ3) is 3.12. The molecule has 0 radical (unpaired) electrons. The molecule has 0 aliphatic heterocycles. The largest absolute Gasteiger partial charge is 0.443 e. The summed E-state index contributed by atoms with van der Waals surface area (Å²) in [6, 6.07) is 6.28. The number of halogens is 1. The average Bonchev–Trinajstić information content (AvgIpc) is 2.72. The molecule has 0 spiro atoms. The summed E-state index contributed by atoms with van der Waals surface area (Å²) < 4.78 is 5.48. The van der Waals surface area contributed by atoms with Gasteiger partial charge in [-0.05, 0) is 30.7 Å². The minimum Gasteiger partial charge on any atom is -0.443 e. The van der Waals surface area contributed by atoms with Crippen molar-refractivity contribution >= 4 is 11.6 Å². The van der Waals surface area contributed by atoms with Gasteiger partial charge in [0.1, 0.15) is 5.69 Å². The van der Waals surface area contributed by atoms with Crippen molar-refractivity contribution in [3.05, 3.63) is 40.9 Å². The number of nitrogens with zero attached hydrogens (tertiary/aromatic N) is 1. The molecule has 0 fully saturated rings. The Bertz CT molecular complexity index is 514. The maximum atomic E-state index is 6.07. The summed E-state index contributed by atoms with van der Waals surface area (Å²) in [6.07, 6.45) is 1.48. The Balaban J connectivity index is 2.30. The fraction of sp³-hybridized carbons (Fsp3) is 0.357. The standard InChI is InChI=1S/C14H17ClN2O/c1-9(2)16-7-13-14(18-8-17-13)11-4-10(3)5-12(15)6-11/h4-6,8-9,16H,7H2,1-3H3. The molecule has 1 aromatic carbocycles. The first kappa shape index (κ1) is 13.1. The molecule has 3 nitrogen and oxygen atoms in total. The molecule has 0 aliphatic carbocycles. The molecular weight excluding hydrogens is 248 g/mol. The highest BCUT2D eigenvalue weighted by Crippen LogP contribution is 2.27. The summed E-state index contributed by atoms with van der Waals surface area (Å²) in [7, 11) is 0. The zero-order valence-corrected chi connectivity index (χ0v) is 11.6. The van der Waals surface area contributed by atoms with E-state index in [2.05, 4.69) is 24.1 Å². The van der Waals surface area contributed by atoms with Gasteiger partial charge in [0.15, 0.2) is 12.2 Å². The Morgan fingerprint density at radius 2 is 2.11 bits per heavy atom. The van der Waals surface area contributed by atoms with Crippen molar-refractivity contribution in [2.24, 2.45) is 0 Å². The smallest absolute Gasteiger partial charge is 0.181 e. The molecule has 2 rings (SSSR count). The molecule has 0 saturated heterocycles. The van der Waals surface area contributed by atoms with Gasteiger partial charge in [-0.3, -0.25) is 0 Å². The predicted molar refractivity (Wildman–Crippen MR) is 73.7 cm³/mol. The van der Waals surface area contributed by atoms with Gasteiger partial charge in [-0.2, -0.15) is 0 Å². The van der Waals surface area contributed by atoms with E-state index in [0.717, 1.165) is 22.6 Å². The van der Waals surface area contributed by atoms with Crippen molar-refractivity contribution in [2.45, 2.75) is 33.4 Å². The van der Waals surface area contributed by atoms with E-state index in [1.807, 2.05) is 25.1 Å². The molecule has 4 heteroatoms. The lowest BCUT2D eigenvalue weighted by Crippen LogP contribution is -2.22. The van der Waals surface area contributed by atoms with E-state index in [-0.39, 0.29) is 0 Å². The van der Waals surface area contributed by atoms with Crippen molar-refractivity contribution < 1.29 is 4.42 Å². The van der Waals surface area contributed by atoms with Crippen LogP contribution in [-0.4, -0.2) is 11.0 Å². The van der Waals surface area contributed by atoms with Crippen LogP contribution in [0.4, 0.5) is 0 Å². The maximum Gasteiger partial charge on any atom is 0.181 e. The number of benzene rings is 1. The normalized spacial score (nSPS) is 11.2. The van der Waals surface area contributed by atoms with Gasteiger partial charge in [0.2, 0.25) is 0 Å². The molecule has 2 aromatic rings. The first-order chi connectivity index (χ1) is 8.56. The second-order valence-electron chi connectivity index (χ2n) is 4.68. The number of hydrogen-bond donors (Lipinski definition) is 1. The number of rotatable bonds is 4. The first-order valence-corrected chi connectivity index (χ1v) is 6.37. The monoisotopic (exact) mass is 264 g/mol. The predicted octanol–water partition coefficient (Wildman–Crippen LogP) is 3.80. The highest BCUT2D eigenvalue weighted by molar-refractivity contribution is 6.30. The van der Waals surface area contributed by atoms with Crippen LogP contribution >= 0.6 is 11.6 Å². The minimum atomic E-state index is 0.413. The Kier molecular flexibility index (Phi) is 4.04. The molecule has 0 amide bonds. The van der Waals surface area contributed by atoms with E-state index < -0.39 is 0 Å². The van der Waals surface area contributed by atoms with Gasteiger partial charge in [0.05, 0.1) is 0 Å². The Morgan fingerprint density at radius 1 is 1.33 bits per heavy atom. The number of oxazole rings is 1. The molecule has 18 heavy (non-hydrogen) atoms. The van der Waals surface area contributed by atoms with E-state index in [9.17, 15) is 0 Å². The topological polar surface area (TPSA) is 38.1 Å². The molecular formula is C14H17ClN2O. The van der Waals surface area contributed by atoms with E-state index in [1.54, 1.807) is 0 Å². The molecule has 0 unspecified atom stereocenters. The molecule has 0 aliphatic rings. The highest BCUT2D eigenvalue weighted by atomic mass is 35.5. The third-order valence-electron chi connectivity index (χ3n) is 2.62. The molecule has 96 valence electrons. The lowest BCUT2D eigenvalue weighted by Gasteiger charge is -2.07. The zero-order chi connectivity index (χ0) is 13.1. The van der Waals surface area contributed by atoms with Crippen LogP contribution in [0.5, 0.6) is 0 Å². The van der Waals surface area contributed by atoms with Crippen LogP contribution in [0.3, 0.4) is 0 Å². The number of hydrogen-bond acceptors (Lipinski definition) is 3. The van der Waals surface area contributed by atoms with Gasteiger partial charge < -0.3 is 9.73 Å². The highest BCUT2D eigenvalue weighted by Gasteiger charge is 2.12. The van der Waals surface area contributed by atoms with Crippen LogP contribution in [0.25, 0.3) is 11.3 Å². The number of aromatic nitrogens is 1. The second kappa shape index (κ2) is 5.55. The van der Waals surface area contributed by atoms with Crippen LogP contribution in [0.2, 0.25) is 5.02 Å². The Morgan fingerprint density at radius 3 is 2.78 bits per heavy atom. The van der Waals surface area contributed by atoms with Gasteiger partial charge in [-0.1, -0.05) is 25.4 Å². The van der Waals surface area contributed by atoms with Crippen molar-refractivity contribution in [1.29, 1.82) is 0 Å². The molecule has 1 aromatic heterocycles. The van der Waals surface area contributed by atoms with Crippen molar-refractivity contribution in [1.82, 2.24) is 10.3 Å². The molecule has 1 N–H and O–H groups in total. The molecule has 0 atom stereocenters. The van der Waals surface area contributed by atoms with Crippen molar-refractivity contribution in [3.8, 4) is 11.3 Å². The molecule has 0 saturated carbocycles. The van der Waals surface area contributed by atoms with E-state index in [4.69, 9.17) is 16.0 Å². The molecule has 0 bridgehead atoms. The quantitative estimate of drug-likeness (QED) is 0.913. The van der Waals surface area contributed by atoms with E-state index in [1.165, 1.54) is 6.39 Å². The van der Waals surface area contributed by atoms with Gasteiger partial charge in [-0.25, -0.2) is 4.98 Å². The zero-order valence-electron chi connectivity index (χ0n) is 10.8. The van der Waals surface area contributed by atoms with E-state index >= 15 is 0 Å². The third-order valence-corrected chi connectivity index (χ3v) is 2.84. The van der Waals surface area contributed by atoms with Crippen molar-refractivity contribution in [2.75, 3.05) is 0 Å². The fourth-order valence-corrected chi connectivity index (χ4v) is 2.09. The average molecular weight is 265 g/mol. The summed E-state index contributed by atoms with van der Waals surface area (Å²) >= 11 is 6.07. The van der Waals surface area contributed by atoms with Crippen LogP contribution in [0, 0.1) is 6.92 Å². The lowest BCUT2D eigenvalue weighted by molar-refractivity contribution is 0.563. The van der Waals surface area contributed by atoms with Gasteiger partial charge in [0, 0.05) is 23.2 Å². The SMILES string of the molecule is Cc1cc(Cl)cc(-c2ocnc2CNC(C)C)c1. The Labute approximate surface area is 112 Å². The summed E-state index contributed by atoms with van der Waals surface area (Å²) in [5, 5.41) is 4.04. The van der Waals surface area contributed by atoms with E-state index in [0.29, 0.717) is 17.6 Å². The van der Waals surface area contributed by atoms with Crippen molar-refractivity contribution in [3.63, 3.8) is 0 Å². The van der Waals surface area contributed by atoms with Gasteiger partial charge >= 0.3 is 0 Å². The maximum absolute atomic E-state index is 6.07. The van der Waals surface area contributed by atoms with Crippen LogP contribution < -0.4 is 5.32 Å². The fourth-order valence-electron chi connectivity index (χ4n) is 1.80. The Hall–Kier alpha value is -1.32. The molecule has 1 heterocycles. The summed E-state index contributed by atoms with van der Waals surface area (Å²) in [4.78, 5) is 4.25. The van der Waals surface area contributed by atoms with Crippen LogP contribution in [-0.2, 0) is 6.54 Å². The second-order valence-corrected chi connectivity index (χ2v) is 5.12. The number of aryl methyl sites for hydroxylation is 1. The van der Waals surface area contributed by atoms with Crippen LogP contribution in [0.15, 0.2) is 29.0 Å². The first-order valence-electron chi connectivity index (χ1n) is 5.99. The van der Waals surface area contributed by atoms with Crippen LogP contribution in [0.1, 0.15) is 25.1 Å². The summed E-state index contributed by atoms with van der Waals surface area (Å²) in [5.74, 6) is 0.786. The number of nitrogens with one attached hydrogen (secondary N) is 1. The van der Waals surface area contributed by atoms with Gasteiger partial charge in [-0.15, -0.1) is 0 Å². The summed E-state index contributed by atoms with van der Waals surface area (Å²) in [5.41, 5.74) is 2.99. The minimum absolute atomic E-state index is 0.413. The summed E-state index contributed by atoms with van der Waals surface area (Å²) in [6.45, 7) is 6.90.